The van der Waals surface area contributed by atoms with Gasteiger partial charge in [-0.3, -0.25) is 5.41 Å². The number of aromatic hydroxyl groups is 1. The maximum atomic E-state index is 15.1. The van der Waals surface area contributed by atoms with E-state index in [-0.39, 0.29) is 11.4 Å². The molecule has 7 heteroatoms. The number of rotatable bonds is 7. The minimum Gasteiger partial charge on any atom is -0.505 e. The molecule has 6 nitrogen and oxygen atoms in total. The topological polar surface area (TPSA) is 111 Å². The molecule has 32 heavy (non-hydrogen) atoms. The number of hydrogen-bond acceptors (Lipinski definition) is 4. The molecule has 0 spiro atoms. The number of H-pyrrole nitrogens is 1. The quantitative estimate of drug-likeness (QED) is 0.211. The fourth-order valence-corrected chi connectivity index (χ4v) is 3.55. The minimum atomic E-state index is -0.697. The molecule has 0 bridgehead atoms. The molecule has 0 amide bonds. The summed E-state index contributed by atoms with van der Waals surface area (Å²) in [7, 11) is 0. The summed E-state index contributed by atoms with van der Waals surface area (Å²) in [6, 6.07) is 19.2. The summed E-state index contributed by atoms with van der Waals surface area (Å²) < 4.78 is 15.1. The number of imidazole rings is 1. The molecule has 6 N–H and O–H groups in total. The molecule has 0 saturated heterocycles. The molecule has 1 aromatic heterocycles. The van der Waals surface area contributed by atoms with Crippen molar-refractivity contribution in [2.75, 3.05) is 5.32 Å². The first-order valence-corrected chi connectivity index (χ1v) is 10.3. The highest BCUT2D eigenvalue weighted by atomic mass is 19.1. The number of hydrogen-bond donors (Lipinski definition) is 5. The molecular formula is C25H24FN5O. The van der Waals surface area contributed by atoms with Crippen molar-refractivity contribution in [1.82, 2.24) is 9.97 Å². The molecule has 0 aliphatic heterocycles. The molecule has 4 rings (SSSR count). The minimum absolute atomic E-state index is 0.0294. The van der Waals surface area contributed by atoms with Gasteiger partial charge in [-0.15, -0.1) is 0 Å². The average Bonchev–Trinajstić information content (AvgIpc) is 3.30. The number of benzene rings is 3. The van der Waals surface area contributed by atoms with Crippen molar-refractivity contribution >= 4 is 11.5 Å². The monoisotopic (exact) mass is 429 g/mol. The predicted molar refractivity (Wildman–Crippen MR) is 124 cm³/mol. The fraction of sp³-hybridized carbons (Fsp3) is 0.120. The van der Waals surface area contributed by atoms with Gasteiger partial charge in [-0.05, 0) is 42.3 Å². The maximum Gasteiger partial charge on any atom is 0.170 e. The van der Waals surface area contributed by atoms with Crippen molar-refractivity contribution in [1.29, 1.82) is 5.41 Å². The van der Waals surface area contributed by atoms with Crippen molar-refractivity contribution in [2.45, 2.75) is 19.4 Å². The number of nitrogens with zero attached hydrogens (tertiary/aromatic N) is 1. The van der Waals surface area contributed by atoms with E-state index in [9.17, 15) is 5.11 Å². The molecule has 3 aromatic carbocycles. The Kier molecular flexibility index (Phi) is 5.89. The van der Waals surface area contributed by atoms with E-state index in [0.29, 0.717) is 23.5 Å². The molecule has 162 valence electrons. The number of nitrogens with two attached hydrogens (primary N) is 1. The molecule has 1 unspecified atom stereocenters. The molecule has 0 saturated carbocycles. The summed E-state index contributed by atoms with van der Waals surface area (Å²) in [5.74, 6) is -0.616. The number of nitrogen functional groups attached to an aromatic ring is 1. The number of aromatic nitrogens is 2. The van der Waals surface area contributed by atoms with Gasteiger partial charge in [0.05, 0.1) is 5.69 Å². The lowest BCUT2D eigenvalue weighted by atomic mass is 10.00. The van der Waals surface area contributed by atoms with E-state index in [4.69, 9.17) is 16.1 Å². The SMILES string of the molecule is CCc1cc(O)c(F)c(C(Nc2ccc(C(=N)N)cc2)c2nc(-c3ccccc3)c[nH]2)c1. The van der Waals surface area contributed by atoms with Crippen LogP contribution in [0.1, 0.15) is 35.5 Å². The summed E-state index contributed by atoms with van der Waals surface area (Å²) in [5, 5.41) is 21.1. The van der Waals surface area contributed by atoms with E-state index >= 15 is 4.39 Å². The molecule has 0 aliphatic rings. The standard InChI is InChI=1S/C25H24FN5O/c1-2-15-12-19(22(26)21(32)13-15)23(30-18-10-8-17(9-11-18)24(27)28)25-29-14-20(31-25)16-6-4-3-5-7-16/h3-14,23,30,32H,2H2,1H3,(H3,27,28)(H,29,31). The maximum absolute atomic E-state index is 15.1. The van der Waals surface area contributed by atoms with Gasteiger partial charge < -0.3 is 21.1 Å². The van der Waals surface area contributed by atoms with E-state index in [0.717, 1.165) is 16.8 Å². The molecule has 1 atom stereocenters. The van der Waals surface area contributed by atoms with Crippen molar-refractivity contribution < 1.29 is 9.50 Å². The number of phenolic OH excluding ortho intramolecular Hbond substituents is 1. The fourth-order valence-electron chi connectivity index (χ4n) is 3.55. The van der Waals surface area contributed by atoms with Gasteiger partial charge in [0.25, 0.3) is 0 Å². The Hall–Kier alpha value is -4.13. The van der Waals surface area contributed by atoms with Crippen LogP contribution in [-0.2, 0) is 6.42 Å². The summed E-state index contributed by atoms with van der Waals surface area (Å²) in [6.45, 7) is 1.94. The zero-order valence-corrected chi connectivity index (χ0v) is 17.6. The Morgan fingerprint density at radius 2 is 1.88 bits per heavy atom. The molecule has 0 fully saturated rings. The van der Waals surface area contributed by atoms with Crippen LogP contribution in [0.2, 0.25) is 0 Å². The summed E-state index contributed by atoms with van der Waals surface area (Å²) in [5.41, 5.74) is 9.59. The summed E-state index contributed by atoms with van der Waals surface area (Å²) in [4.78, 5) is 7.87. The smallest absolute Gasteiger partial charge is 0.170 e. The molecule has 0 radical (unpaired) electrons. The van der Waals surface area contributed by atoms with Crippen LogP contribution in [0.25, 0.3) is 11.3 Å². The first kappa shape index (κ1) is 21.1. The van der Waals surface area contributed by atoms with E-state index < -0.39 is 17.6 Å². The summed E-state index contributed by atoms with van der Waals surface area (Å²) in [6.07, 6.45) is 2.42. The van der Waals surface area contributed by atoms with Gasteiger partial charge >= 0.3 is 0 Å². The lowest BCUT2D eigenvalue weighted by Crippen LogP contribution is -2.16. The van der Waals surface area contributed by atoms with Gasteiger partial charge in [0, 0.05) is 28.6 Å². The second-order valence-corrected chi connectivity index (χ2v) is 7.48. The van der Waals surface area contributed by atoms with E-state index in [1.807, 2.05) is 37.3 Å². The molecule has 0 aliphatic carbocycles. The highest BCUT2D eigenvalue weighted by Gasteiger charge is 2.24. The van der Waals surface area contributed by atoms with E-state index in [1.54, 1.807) is 36.5 Å². The molecular weight excluding hydrogens is 405 g/mol. The van der Waals surface area contributed by atoms with E-state index in [1.165, 1.54) is 6.07 Å². The van der Waals surface area contributed by atoms with Gasteiger partial charge in [-0.2, -0.15) is 0 Å². The Morgan fingerprint density at radius 1 is 1.16 bits per heavy atom. The van der Waals surface area contributed by atoms with Crippen LogP contribution in [0, 0.1) is 11.2 Å². The number of aromatic amines is 1. The number of anilines is 1. The first-order chi connectivity index (χ1) is 15.5. The van der Waals surface area contributed by atoms with Crippen LogP contribution < -0.4 is 11.1 Å². The van der Waals surface area contributed by atoms with Crippen molar-refractivity contribution in [3.05, 3.63) is 101 Å². The largest absolute Gasteiger partial charge is 0.505 e. The highest BCUT2D eigenvalue weighted by Crippen LogP contribution is 2.33. The third-order valence-electron chi connectivity index (χ3n) is 5.31. The van der Waals surface area contributed by atoms with Gasteiger partial charge in [0.15, 0.2) is 11.6 Å². The Bertz CT molecular complexity index is 1240. The van der Waals surface area contributed by atoms with Crippen LogP contribution in [0.5, 0.6) is 5.75 Å². The van der Waals surface area contributed by atoms with Crippen LogP contribution in [0.3, 0.4) is 0 Å². The lowest BCUT2D eigenvalue weighted by Gasteiger charge is -2.21. The van der Waals surface area contributed by atoms with Crippen LogP contribution in [0.15, 0.2) is 72.9 Å². The third-order valence-corrected chi connectivity index (χ3v) is 5.31. The Balaban J connectivity index is 1.78. The second kappa shape index (κ2) is 8.93. The number of phenols is 1. The molecule has 4 aromatic rings. The first-order valence-electron chi connectivity index (χ1n) is 10.3. The number of nitrogens with one attached hydrogen (secondary N) is 3. The lowest BCUT2D eigenvalue weighted by molar-refractivity contribution is 0.426. The van der Waals surface area contributed by atoms with Crippen molar-refractivity contribution in [3.8, 4) is 17.0 Å². The number of aryl methyl sites for hydroxylation is 1. The van der Waals surface area contributed by atoms with Gasteiger partial charge in [0.1, 0.15) is 17.7 Å². The normalized spacial score (nSPS) is 11.8. The molecule has 1 heterocycles. The number of amidine groups is 1. The Morgan fingerprint density at radius 3 is 2.53 bits per heavy atom. The predicted octanol–water partition coefficient (Wildman–Crippen LogP) is 4.97. The van der Waals surface area contributed by atoms with Crippen LogP contribution in [-0.4, -0.2) is 20.9 Å². The second-order valence-electron chi connectivity index (χ2n) is 7.48. The third kappa shape index (κ3) is 4.32. The highest BCUT2D eigenvalue weighted by molar-refractivity contribution is 5.95. The number of halogens is 1. The zero-order valence-electron chi connectivity index (χ0n) is 17.6. The van der Waals surface area contributed by atoms with Crippen LogP contribution >= 0.6 is 0 Å². The van der Waals surface area contributed by atoms with Gasteiger partial charge in [-0.1, -0.05) is 43.3 Å². The van der Waals surface area contributed by atoms with Gasteiger partial charge in [-0.25, -0.2) is 9.37 Å². The van der Waals surface area contributed by atoms with Crippen molar-refractivity contribution in [2.24, 2.45) is 5.73 Å². The van der Waals surface area contributed by atoms with Gasteiger partial charge in [0.2, 0.25) is 0 Å². The zero-order chi connectivity index (χ0) is 22.7. The van der Waals surface area contributed by atoms with Crippen molar-refractivity contribution in [3.63, 3.8) is 0 Å². The summed E-state index contributed by atoms with van der Waals surface area (Å²) >= 11 is 0. The Labute approximate surface area is 185 Å². The van der Waals surface area contributed by atoms with Crippen LogP contribution in [0.4, 0.5) is 10.1 Å². The average molecular weight is 429 g/mol. The van der Waals surface area contributed by atoms with E-state index in [2.05, 4.69) is 10.3 Å².